The molecule has 1 unspecified atom stereocenters. The zero-order valence-corrected chi connectivity index (χ0v) is 13.3. The molecule has 2 rings (SSSR count). The Kier molecular flexibility index (Phi) is 5.96. The lowest BCUT2D eigenvalue weighted by Gasteiger charge is -2.28. The Labute approximate surface area is 128 Å². The molecule has 1 heterocycles. The van der Waals surface area contributed by atoms with Crippen molar-refractivity contribution in [3.63, 3.8) is 0 Å². The molecule has 1 aromatic rings. The molecule has 3 nitrogen and oxygen atoms in total. The molecule has 1 aromatic carbocycles. The maximum Gasteiger partial charge on any atom is 0.137 e. The molecule has 0 radical (unpaired) electrons. The van der Waals surface area contributed by atoms with E-state index in [4.69, 9.17) is 9.47 Å². The van der Waals surface area contributed by atoms with Gasteiger partial charge in [0.05, 0.1) is 17.7 Å². The van der Waals surface area contributed by atoms with Gasteiger partial charge in [-0.25, -0.2) is 4.39 Å². The molecule has 1 saturated heterocycles. The minimum Gasteiger partial charge on any atom is -0.383 e. The summed E-state index contributed by atoms with van der Waals surface area (Å²) in [4.78, 5) is 0. The average Bonchev–Trinajstić information content (AvgIpc) is 2.89. The molecule has 5 heteroatoms. The van der Waals surface area contributed by atoms with Crippen molar-refractivity contribution in [3.05, 3.63) is 34.1 Å². The van der Waals surface area contributed by atoms with Gasteiger partial charge in [-0.2, -0.15) is 0 Å². The summed E-state index contributed by atoms with van der Waals surface area (Å²) in [5.74, 6) is -0.205. The second-order valence-electron chi connectivity index (χ2n) is 5.36. The Hall–Kier alpha value is -0.490. The molecule has 1 N–H and O–H groups in total. The van der Waals surface area contributed by atoms with Gasteiger partial charge in [-0.1, -0.05) is 12.1 Å². The maximum atomic E-state index is 13.6. The highest BCUT2D eigenvalue weighted by atomic mass is 79.9. The second kappa shape index (κ2) is 7.50. The zero-order chi connectivity index (χ0) is 14.4. The Balaban J connectivity index is 2.03. The summed E-state index contributed by atoms with van der Waals surface area (Å²) < 4.78 is 24.8. The van der Waals surface area contributed by atoms with Crippen LogP contribution in [0.3, 0.4) is 0 Å². The topological polar surface area (TPSA) is 30.5 Å². The van der Waals surface area contributed by atoms with Crippen molar-refractivity contribution in [2.45, 2.75) is 12.8 Å². The minimum absolute atomic E-state index is 0.0457. The van der Waals surface area contributed by atoms with Crippen LogP contribution < -0.4 is 5.32 Å². The van der Waals surface area contributed by atoms with Gasteiger partial charge in [0.25, 0.3) is 0 Å². The third-order valence-corrected chi connectivity index (χ3v) is 4.65. The number of nitrogens with one attached hydrogen (secondary N) is 1. The van der Waals surface area contributed by atoms with E-state index in [9.17, 15) is 4.39 Å². The number of hydrogen-bond acceptors (Lipinski definition) is 3. The largest absolute Gasteiger partial charge is 0.383 e. The quantitative estimate of drug-likeness (QED) is 0.771. The van der Waals surface area contributed by atoms with E-state index < -0.39 is 0 Å². The molecule has 1 atom stereocenters. The van der Waals surface area contributed by atoms with Crippen LogP contribution in [0.15, 0.2) is 22.7 Å². The molecule has 1 aliphatic rings. The SMILES string of the molecule is COCCNCC1(Cc2cccc(F)c2Br)CCOC1. The van der Waals surface area contributed by atoms with Gasteiger partial charge in [-0.15, -0.1) is 0 Å². The number of halogens is 2. The van der Waals surface area contributed by atoms with Crippen LogP contribution in [0.4, 0.5) is 4.39 Å². The number of methoxy groups -OCH3 is 1. The number of benzene rings is 1. The van der Waals surface area contributed by atoms with E-state index in [2.05, 4.69) is 21.2 Å². The molecule has 0 aliphatic carbocycles. The molecule has 0 saturated carbocycles. The summed E-state index contributed by atoms with van der Waals surface area (Å²) in [6.45, 7) is 3.87. The highest BCUT2D eigenvalue weighted by Gasteiger charge is 2.35. The lowest BCUT2D eigenvalue weighted by Crippen LogP contribution is -2.38. The molecule has 0 aromatic heterocycles. The summed E-state index contributed by atoms with van der Waals surface area (Å²) in [6.07, 6.45) is 1.81. The van der Waals surface area contributed by atoms with E-state index in [-0.39, 0.29) is 11.2 Å². The third kappa shape index (κ3) is 4.01. The summed E-state index contributed by atoms with van der Waals surface area (Å²) in [5, 5.41) is 3.41. The van der Waals surface area contributed by atoms with E-state index in [1.54, 1.807) is 13.2 Å². The average molecular weight is 346 g/mol. The van der Waals surface area contributed by atoms with Crippen LogP contribution in [0.1, 0.15) is 12.0 Å². The van der Waals surface area contributed by atoms with E-state index in [1.165, 1.54) is 6.07 Å². The van der Waals surface area contributed by atoms with Crippen LogP contribution in [0.25, 0.3) is 0 Å². The Morgan fingerprint density at radius 3 is 3.05 bits per heavy atom. The van der Waals surface area contributed by atoms with Gasteiger partial charge >= 0.3 is 0 Å². The van der Waals surface area contributed by atoms with Crippen LogP contribution in [0.2, 0.25) is 0 Å². The van der Waals surface area contributed by atoms with Gasteiger partial charge in [-0.05, 0) is 40.4 Å². The van der Waals surface area contributed by atoms with Crippen molar-refractivity contribution < 1.29 is 13.9 Å². The van der Waals surface area contributed by atoms with E-state index in [0.717, 1.165) is 44.7 Å². The Bertz CT molecular complexity index is 436. The highest BCUT2D eigenvalue weighted by molar-refractivity contribution is 9.10. The van der Waals surface area contributed by atoms with Crippen molar-refractivity contribution in [2.75, 3.05) is 40.0 Å². The van der Waals surface area contributed by atoms with Crippen molar-refractivity contribution in [2.24, 2.45) is 5.41 Å². The maximum absolute atomic E-state index is 13.6. The highest BCUT2D eigenvalue weighted by Crippen LogP contribution is 2.34. The molecule has 1 fully saturated rings. The summed E-state index contributed by atoms with van der Waals surface area (Å²) in [7, 11) is 1.69. The molecular formula is C15H21BrFNO2. The van der Waals surface area contributed by atoms with Crippen molar-refractivity contribution in [3.8, 4) is 0 Å². The Morgan fingerprint density at radius 1 is 1.50 bits per heavy atom. The van der Waals surface area contributed by atoms with Gasteiger partial charge in [0, 0.05) is 32.2 Å². The predicted octanol–water partition coefficient (Wildman–Crippen LogP) is 2.77. The summed E-state index contributed by atoms with van der Waals surface area (Å²) >= 11 is 3.35. The summed E-state index contributed by atoms with van der Waals surface area (Å²) in [6, 6.07) is 5.21. The lowest BCUT2D eigenvalue weighted by molar-refractivity contribution is 0.144. The van der Waals surface area contributed by atoms with E-state index in [0.29, 0.717) is 11.1 Å². The molecule has 20 heavy (non-hydrogen) atoms. The van der Waals surface area contributed by atoms with E-state index >= 15 is 0 Å². The Morgan fingerprint density at radius 2 is 2.35 bits per heavy atom. The van der Waals surface area contributed by atoms with Crippen LogP contribution in [0, 0.1) is 11.2 Å². The van der Waals surface area contributed by atoms with E-state index in [1.807, 2.05) is 6.07 Å². The number of ether oxygens (including phenoxy) is 2. The summed E-state index contributed by atoms with van der Waals surface area (Å²) in [5.41, 5.74) is 1.05. The monoisotopic (exact) mass is 345 g/mol. The zero-order valence-electron chi connectivity index (χ0n) is 11.8. The lowest BCUT2D eigenvalue weighted by atomic mass is 9.81. The van der Waals surface area contributed by atoms with Gasteiger partial charge in [0.15, 0.2) is 0 Å². The molecule has 0 spiro atoms. The van der Waals surface area contributed by atoms with Gasteiger partial charge in [0.1, 0.15) is 5.82 Å². The first-order chi connectivity index (χ1) is 9.67. The minimum atomic E-state index is -0.205. The van der Waals surface area contributed by atoms with Crippen LogP contribution in [-0.2, 0) is 15.9 Å². The van der Waals surface area contributed by atoms with Crippen molar-refractivity contribution in [1.29, 1.82) is 0 Å². The van der Waals surface area contributed by atoms with Crippen LogP contribution in [0.5, 0.6) is 0 Å². The molecule has 1 aliphatic heterocycles. The second-order valence-corrected chi connectivity index (χ2v) is 6.15. The predicted molar refractivity (Wildman–Crippen MR) is 80.4 cm³/mol. The van der Waals surface area contributed by atoms with Crippen molar-refractivity contribution in [1.82, 2.24) is 5.32 Å². The third-order valence-electron chi connectivity index (χ3n) is 3.76. The first kappa shape index (κ1) is 15.9. The van der Waals surface area contributed by atoms with Gasteiger partial charge < -0.3 is 14.8 Å². The fourth-order valence-electron chi connectivity index (χ4n) is 2.61. The first-order valence-corrected chi connectivity index (χ1v) is 7.66. The van der Waals surface area contributed by atoms with Crippen molar-refractivity contribution >= 4 is 15.9 Å². The van der Waals surface area contributed by atoms with Gasteiger partial charge in [0.2, 0.25) is 0 Å². The van der Waals surface area contributed by atoms with Crippen LogP contribution >= 0.6 is 15.9 Å². The van der Waals surface area contributed by atoms with Crippen LogP contribution in [-0.4, -0.2) is 40.0 Å². The normalized spacial score (nSPS) is 22.4. The number of rotatable bonds is 7. The number of hydrogen-bond donors (Lipinski definition) is 1. The molecule has 0 amide bonds. The first-order valence-electron chi connectivity index (χ1n) is 6.87. The van der Waals surface area contributed by atoms with Gasteiger partial charge in [-0.3, -0.25) is 0 Å². The fourth-order valence-corrected chi connectivity index (χ4v) is 3.01. The standard InChI is InChI=1S/C15H21BrFNO2/c1-19-8-6-18-10-15(5-7-20-11-15)9-12-3-2-4-13(17)14(12)16/h2-4,18H,5-11H2,1H3. The fraction of sp³-hybridized carbons (Fsp3) is 0.600. The molecular weight excluding hydrogens is 325 g/mol. The molecule has 0 bridgehead atoms. The smallest absolute Gasteiger partial charge is 0.137 e. The molecule has 112 valence electrons.